The second-order valence-electron chi connectivity index (χ2n) is 8.26. The van der Waals surface area contributed by atoms with Gasteiger partial charge in [0.2, 0.25) is 16.7 Å². The molecule has 16 nitrogen and oxygen atoms in total. The molecule has 1 saturated heterocycles. The van der Waals surface area contributed by atoms with Crippen molar-refractivity contribution in [3.05, 3.63) is 46.4 Å². The lowest BCUT2D eigenvalue weighted by molar-refractivity contribution is -0.150. The molecule has 20 heteroatoms. The van der Waals surface area contributed by atoms with Gasteiger partial charge in [-0.15, -0.1) is 16.9 Å². The first-order chi connectivity index (χ1) is 19.8. The summed E-state index contributed by atoms with van der Waals surface area (Å²) in [5.74, 6) is -2.04. The van der Waals surface area contributed by atoms with Crippen LogP contribution in [-0.2, 0) is 20.9 Å². The molecule has 2 aromatic heterocycles. The maximum atomic E-state index is 13.2. The van der Waals surface area contributed by atoms with Crippen molar-refractivity contribution in [2.24, 2.45) is 5.16 Å². The van der Waals surface area contributed by atoms with E-state index in [4.69, 9.17) is 27.3 Å². The molecule has 0 radical (unpaired) electrons. The lowest BCUT2D eigenvalue weighted by Crippen LogP contribution is -2.71. The Morgan fingerprint density at radius 1 is 1.32 bits per heavy atom. The summed E-state index contributed by atoms with van der Waals surface area (Å²) in [6.45, 7) is 0.0161. The third kappa shape index (κ3) is 6.12. The van der Waals surface area contributed by atoms with E-state index in [1.165, 1.54) is 28.2 Å². The Morgan fingerprint density at radius 2 is 2.10 bits per heavy atom. The Hall–Kier alpha value is -3.78. The zero-order valence-electron chi connectivity index (χ0n) is 20.6. The number of carboxylic acid groups (broad SMARTS) is 1. The number of nitrogen functional groups attached to an aromatic ring is 1. The number of aliphatic hydroxyl groups excluding tert-OH is 1. The molecule has 1 aromatic carbocycles. The van der Waals surface area contributed by atoms with Crippen LogP contribution < -0.4 is 15.9 Å². The number of fused-ring (bicyclic) bond motifs is 1. The summed E-state index contributed by atoms with van der Waals surface area (Å²) >= 11 is 9.21. The maximum Gasteiger partial charge on any atom is 0.352 e. The van der Waals surface area contributed by atoms with Gasteiger partial charge in [-0.25, -0.2) is 9.48 Å². The molecule has 1 fully saturated rings. The summed E-state index contributed by atoms with van der Waals surface area (Å²) in [4.78, 5) is 49.1. The van der Waals surface area contributed by atoms with E-state index in [0.717, 1.165) is 16.4 Å². The number of anilines is 1. The minimum Gasteiger partial charge on any atom is -0.477 e. The van der Waals surface area contributed by atoms with Crippen LogP contribution in [0.5, 0.6) is 5.75 Å². The molecule has 4 heterocycles. The van der Waals surface area contributed by atoms with E-state index in [1.54, 1.807) is 24.3 Å². The molecule has 5 rings (SSSR count). The Bertz CT molecular complexity index is 1540. The average Bonchev–Trinajstić information content (AvgIpc) is 3.59. The fourth-order valence-corrected chi connectivity index (χ4v) is 6.75. The number of amides is 2. The largest absolute Gasteiger partial charge is 0.477 e. The number of nitrogens with zero attached hydrogens (tertiary/aromatic N) is 8. The number of β-lactam (4-membered cyclic amide) rings is 1. The summed E-state index contributed by atoms with van der Waals surface area (Å²) in [5, 5.41) is 37.1. The van der Waals surface area contributed by atoms with Gasteiger partial charge in [0.1, 0.15) is 17.1 Å². The predicted molar refractivity (Wildman–Crippen MR) is 148 cm³/mol. The third-order valence-electron chi connectivity index (χ3n) is 5.65. The number of hydrogen-bond acceptors (Lipinski definition) is 15. The van der Waals surface area contributed by atoms with Crippen LogP contribution in [0.1, 0.15) is 5.82 Å². The van der Waals surface area contributed by atoms with Gasteiger partial charge in [0.25, 0.3) is 11.8 Å². The highest BCUT2D eigenvalue weighted by Gasteiger charge is 2.54. The highest BCUT2D eigenvalue weighted by molar-refractivity contribution is 8.01. The van der Waals surface area contributed by atoms with Gasteiger partial charge in [-0.3, -0.25) is 14.5 Å². The van der Waals surface area contributed by atoms with Crippen LogP contribution in [0.4, 0.5) is 5.13 Å². The predicted octanol–water partition coefficient (Wildman–Crippen LogP) is 0.0665. The van der Waals surface area contributed by atoms with Crippen LogP contribution in [0.2, 0.25) is 5.02 Å². The first kappa shape index (κ1) is 28.7. The molecule has 0 bridgehead atoms. The number of rotatable bonds is 11. The fraction of sp³-hybridized carbons (Fsp3) is 0.286. The van der Waals surface area contributed by atoms with E-state index in [0.29, 0.717) is 15.8 Å². The number of nitrogens with one attached hydrogen (secondary N) is 1. The Balaban J connectivity index is 1.31. The number of carbonyl (C=O) groups excluding carboxylic acids is 2. The average molecular weight is 639 g/mol. The number of nitrogens with two attached hydrogens (primary N) is 1. The quantitative estimate of drug-likeness (QED) is 0.0944. The molecule has 0 spiro atoms. The highest BCUT2D eigenvalue weighted by atomic mass is 35.5. The zero-order chi connectivity index (χ0) is 29.1. The van der Waals surface area contributed by atoms with Crippen LogP contribution in [0.15, 0.2) is 45.8 Å². The van der Waals surface area contributed by atoms with Crippen LogP contribution in [0.25, 0.3) is 0 Å². The second-order valence-corrected chi connectivity index (χ2v) is 11.5. The standard InChI is InChI=1S/C21H19ClN10O6S3/c22-10-1-3-11(4-2-10)38-27-12(15-25-20(23)41-28-15)16(34)24-13-17(35)32-14(19(36)37)9(7-39-18(13)32)8-40-21-26-29-30-31(21)5-6-33/h1-4,13,18,33H,5-8H2,(H,24,34)(H,36,37)(H2,23,25,28)/t13?,18-/m1/s1. The number of tetrazole rings is 1. The molecule has 214 valence electrons. The van der Waals surface area contributed by atoms with Crippen molar-refractivity contribution in [3.63, 3.8) is 0 Å². The Labute approximate surface area is 248 Å². The van der Waals surface area contributed by atoms with Gasteiger partial charge in [0, 0.05) is 28.1 Å². The molecule has 2 aliphatic rings. The minimum atomic E-state index is -1.28. The van der Waals surface area contributed by atoms with Crippen LogP contribution in [0.3, 0.4) is 0 Å². The summed E-state index contributed by atoms with van der Waals surface area (Å²) in [5.41, 5.74) is 5.68. The monoisotopic (exact) mass is 638 g/mol. The van der Waals surface area contributed by atoms with Gasteiger partial charge in [-0.05, 0) is 40.3 Å². The topological polar surface area (TPSA) is 224 Å². The molecule has 1 unspecified atom stereocenters. The van der Waals surface area contributed by atoms with Crippen molar-refractivity contribution >= 4 is 75.3 Å². The molecular formula is C21H19ClN10O6S3. The number of aliphatic carboxylic acids is 1. The molecular weight excluding hydrogens is 620 g/mol. The number of benzene rings is 1. The molecule has 2 atom stereocenters. The van der Waals surface area contributed by atoms with Gasteiger partial charge < -0.3 is 26.1 Å². The number of carbonyl (C=O) groups is 3. The van der Waals surface area contributed by atoms with E-state index in [2.05, 4.69) is 35.4 Å². The SMILES string of the molecule is Nc1nc(C(=NOc2ccc(Cl)cc2)C(=O)NC2C(=O)N3C(C(=O)O)=C(CSc4nnnn4CCO)CS[C@H]23)ns1. The first-order valence-corrected chi connectivity index (χ1v) is 14.8. The Morgan fingerprint density at radius 3 is 2.78 bits per heavy atom. The molecule has 0 aliphatic carbocycles. The van der Waals surface area contributed by atoms with Gasteiger partial charge in [-0.1, -0.05) is 28.5 Å². The summed E-state index contributed by atoms with van der Waals surface area (Å²) in [6.07, 6.45) is 0. The van der Waals surface area contributed by atoms with E-state index >= 15 is 0 Å². The summed E-state index contributed by atoms with van der Waals surface area (Å²) < 4.78 is 5.41. The van der Waals surface area contributed by atoms with Crippen LogP contribution in [-0.4, -0.2) is 97.7 Å². The van der Waals surface area contributed by atoms with E-state index in [9.17, 15) is 19.5 Å². The number of carboxylic acids is 1. The number of halogens is 1. The second kappa shape index (κ2) is 12.4. The fourth-order valence-electron chi connectivity index (χ4n) is 3.80. The highest BCUT2D eigenvalue weighted by Crippen LogP contribution is 2.41. The lowest BCUT2D eigenvalue weighted by Gasteiger charge is -2.49. The third-order valence-corrected chi connectivity index (χ3v) is 8.82. The molecule has 2 amide bonds. The number of aliphatic hydroxyl groups is 1. The molecule has 0 saturated carbocycles. The van der Waals surface area contributed by atoms with Crippen LogP contribution >= 0.6 is 46.7 Å². The van der Waals surface area contributed by atoms with Crippen molar-refractivity contribution in [2.45, 2.75) is 23.1 Å². The minimum absolute atomic E-state index is 0.0905. The number of thioether (sulfide) groups is 2. The molecule has 3 aromatic rings. The van der Waals surface area contributed by atoms with Gasteiger partial charge in [0.15, 0.2) is 10.9 Å². The van der Waals surface area contributed by atoms with E-state index in [1.807, 2.05) is 0 Å². The van der Waals surface area contributed by atoms with Gasteiger partial charge >= 0.3 is 5.97 Å². The summed E-state index contributed by atoms with van der Waals surface area (Å²) in [7, 11) is 0. The van der Waals surface area contributed by atoms with E-state index < -0.39 is 29.2 Å². The Kier molecular flexibility index (Phi) is 8.68. The number of aromatic nitrogens is 6. The van der Waals surface area contributed by atoms with E-state index in [-0.39, 0.29) is 52.8 Å². The molecule has 5 N–H and O–H groups in total. The van der Waals surface area contributed by atoms with Gasteiger partial charge in [-0.2, -0.15) is 9.36 Å². The van der Waals surface area contributed by atoms with Crippen molar-refractivity contribution in [3.8, 4) is 5.75 Å². The number of oxime groups is 1. The first-order valence-electron chi connectivity index (χ1n) is 11.6. The van der Waals surface area contributed by atoms with Crippen molar-refractivity contribution in [1.29, 1.82) is 0 Å². The van der Waals surface area contributed by atoms with Crippen molar-refractivity contribution < 1.29 is 29.4 Å². The normalized spacial score (nSPS) is 18.6. The number of hydrogen-bond donors (Lipinski definition) is 4. The van der Waals surface area contributed by atoms with Gasteiger partial charge in [0.05, 0.1) is 13.2 Å². The van der Waals surface area contributed by atoms with Crippen molar-refractivity contribution in [2.75, 3.05) is 23.8 Å². The molecule has 2 aliphatic heterocycles. The summed E-state index contributed by atoms with van der Waals surface area (Å²) in [6, 6.07) is 5.19. The van der Waals surface area contributed by atoms with Crippen molar-refractivity contribution in [1.82, 2.24) is 39.8 Å². The lowest BCUT2D eigenvalue weighted by atomic mass is 10.0. The maximum absolute atomic E-state index is 13.2. The zero-order valence-corrected chi connectivity index (χ0v) is 23.8. The van der Waals surface area contributed by atoms with Crippen LogP contribution in [0, 0.1) is 0 Å². The molecule has 41 heavy (non-hydrogen) atoms. The smallest absolute Gasteiger partial charge is 0.352 e.